The summed E-state index contributed by atoms with van der Waals surface area (Å²) in [6.07, 6.45) is 0.841. The molecule has 1 nitrogen and oxygen atoms in total. The van der Waals surface area contributed by atoms with Crippen LogP contribution in [0.25, 0.3) is 0 Å². The molecular weight excluding hydrogens is 245 g/mol. The van der Waals surface area contributed by atoms with Crippen LogP contribution < -0.4 is 5.32 Å². The molecule has 2 aromatic rings. The molecule has 1 aromatic heterocycles. The van der Waals surface area contributed by atoms with Gasteiger partial charge in [-0.05, 0) is 49.4 Å². The van der Waals surface area contributed by atoms with Crippen molar-refractivity contribution < 1.29 is 4.39 Å². The van der Waals surface area contributed by atoms with Gasteiger partial charge in [-0.25, -0.2) is 4.39 Å². The second-order valence-corrected chi connectivity index (χ2v) is 5.62. The molecule has 1 heterocycles. The molecule has 1 aromatic carbocycles. The molecule has 2 atom stereocenters. The van der Waals surface area contributed by atoms with Gasteiger partial charge < -0.3 is 5.32 Å². The number of thiophene rings is 1. The maximum absolute atomic E-state index is 13.1. The van der Waals surface area contributed by atoms with Crippen molar-refractivity contribution >= 4 is 11.3 Å². The lowest BCUT2D eigenvalue weighted by molar-refractivity contribution is 0.481. The van der Waals surface area contributed by atoms with Crippen molar-refractivity contribution in [2.24, 2.45) is 0 Å². The van der Waals surface area contributed by atoms with Crippen molar-refractivity contribution in [1.82, 2.24) is 5.32 Å². The van der Waals surface area contributed by atoms with E-state index in [1.54, 1.807) is 23.5 Å². The summed E-state index contributed by atoms with van der Waals surface area (Å²) in [5.74, 6) is -0.161. The van der Waals surface area contributed by atoms with Crippen LogP contribution in [-0.4, -0.2) is 6.04 Å². The van der Waals surface area contributed by atoms with E-state index in [-0.39, 0.29) is 5.82 Å². The number of halogens is 1. The molecule has 0 saturated carbocycles. The van der Waals surface area contributed by atoms with E-state index in [0.717, 1.165) is 12.0 Å². The van der Waals surface area contributed by atoms with Crippen LogP contribution in [-0.2, 0) is 6.42 Å². The third-order valence-corrected chi connectivity index (χ3v) is 3.99. The van der Waals surface area contributed by atoms with Crippen LogP contribution in [0.5, 0.6) is 0 Å². The van der Waals surface area contributed by atoms with E-state index in [0.29, 0.717) is 12.1 Å². The minimum absolute atomic E-state index is 0.161. The largest absolute Gasteiger partial charge is 0.307 e. The Bertz CT molecular complexity index is 481. The van der Waals surface area contributed by atoms with Crippen LogP contribution in [0.4, 0.5) is 4.39 Å². The van der Waals surface area contributed by atoms with Crippen molar-refractivity contribution in [1.29, 1.82) is 0 Å². The Morgan fingerprint density at radius 3 is 2.72 bits per heavy atom. The first-order chi connectivity index (χ1) is 8.65. The van der Waals surface area contributed by atoms with E-state index in [9.17, 15) is 4.39 Å². The highest BCUT2D eigenvalue weighted by atomic mass is 32.1. The molecular formula is C15H18FNS. The lowest BCUT2D eigenvalue weighted by atomic mass is 10.1. The second-order valence-electron chi connectivity index (χ2n) is 4.64. The summed E-state index contributed by atoms with van der Waals surface area (Å²) in [5, 5.41) is 5.63. The first-order valence-electron chi connectivity index (χ1n) is 6.19. The maximum atomic E-state index is 13.1. The number of nitrogens with one attached hydrogen (secondary N) is 1. The highest BCUT2D eigenvalue weighted by Crippen LogP contribution is 2.19. The van der Waals surface area contributed by atoms with Gasteiger partial charge in [0, 0.05) is 17.0 Å². The molecule has 18 heavy (non-hydrogen) atoms. The van der Waals surface area contributed by atoms with Crippen molar-refractivity contribution in [2.75, 3.05) is 0 Å². The van der Waals surface area contributed by atoms with Crippen LogP contribution in [0.3, 0.4) is 0 Å². The van der Waals surface area contributed by atoms with E-state index in [1.807, 2.05) is 6.07 Å². The lowest BCUT2D eigenvalue weighted by Gasteiger charge is -2.19. The zero-order valence-corrected chi connectivity index (χ0v) is 11.5. The van der Waals surface area contributed by atoms with Crippen LogP contribution in [0, 0.1) is 5.82 Å². The number of benzene rings is 1. The van der Waals surface area contributed by atoms with Gasteiger partial charge in [-0.1, -0.05) is 18.2 Å². The molecule has 0 radical (unpaired) electrons. The average Bonchev–Trinajstić information content (AvgIpc) is 2.81. The Morgan fingerprint density at radius 1 is 1.22 bits per heavy atom. The summed E-state index contributed by atoms with van der Waals surface area (Å²) in [6.45, 7) is 4.29. The van der Waals surface area contributed by atoms with Crippen LogP contribution in [0.2, 0.25) is 0 Å². The third kappa shape index (κ3) is 3.65. The van der Waals surface area contributed by atoms with Gasteiger partial charge in [0.2, 0.25) is 0 Å². The molecule has 96 valence electrons. The SMILES string of the molecule is CC(Cc1cccc(F)c1)NC(C)c1cccs1. The fourth-order valence-corrected chi connectivity index (χ4v) is 2.87. The highest BCUT2D eigenvalue weighted by Gasteiger charge is 2.10. The monoisotopic (exact) mass is 263 g/mol. The first-order valence-corrected chi connectivity index (χ1v) is 7.07. The predicted molar refractivity (Wildman–Crippen MR) is 75.4 cm³/mol. The van der Waals surface area contributed by atoms with Gasteiger partial charge >= 0.3 is 0 Å². The Labute approximate surface area is 112 Å². The summed E-state index contributed by atoms with van der Waals surface area (Å²) >= 11 is 1.76. The molecule has 0 saturated heterocycles. The van der Waals surface area contributed by atoms with Gasteiger partial charge in [0.1, 0.15) is 5.82 Å². The fraction of sp³-hybridized carbons (Fsp3) is 0.333. The van der Waals surface area contributed by atoms with Gasteiger partial charge in [-0.3, -0.25) is 0 Å². The number of rotatable bonds is 5. The molecule has 0 bridgehead atoms. The standard InChI is InChI=1S/C15H18FNS/c1-11(9-13-5-3-6-14(16)10-13)17-12(2)15-7-4-8-18-15/h3-8,10-12,17H,9H2,1-2H3. The van der Waals surface area contributed by atoms with Crippen LogP contribution >= 0.6 is 11.3 Å². The normalized spacial score (nSPS) is 14.4. The van der Waals surface area contributed by atoms with Crippen LogP contribution in [0.1, 0.15) is 30.3 Å². The Morgan fingerprint density at radius 2 is 2.06 bits per heavy atom. The molecule has 2 rings (SSSR count). The molecule has 0 spiro atoms. The van der Waals surface area contributed by atoms with Gasteiger partial charge in [0.15, 0.2) is 0 Å². The zero-order chi connectivity index (χ0) is 13.0. The van der Waals surface area contributed by atoms with E-state index < -0.39 is 0 Å². The van der Waals surface area contributed by atoms with Gasteiger partial charge in [-0.2, -0.15) is 0 Å². The quantitative estimate of drug-likeness (QED) is 0.853. The molecule has 1 N–H and O–H groups in total. The molecule has 2 unspecified atom stereocenters. The third-order valence-electron chi connectivity index (χ3n) is 2.94. The van der Waals surface area contributed by atoms with E-state index in [4.69, 9.17) is 0 Å². The van der Waals surface area contributed by atoms with Crippen molar-refractivity contribution in [3.63, 3.8) is 0 Å². The number of hydrogen-bond donors (Lipinski definition) is 1. The minimum Gasteiger partial charge on any atom is -0.307 e. The summed E-state index contributed by atoms with van der Waals surface area (Å²) in [6, 6.07) is 11.7. The number of hydrogen-bond acceptors (Lipinski definition) is 2. The van der Waals surface area contributed by atoms with Crippen molar-refractivity contribution in [2.45, 2.75) is 32.4 Å². The van der Waals surface area contributed by atoms with E-state index >= 15 is 0 Å². The molecule has 3 heteroatoms. The summed E-state index contributed by atoms with van der Waals surface area (Å²) in [7, 11) is 0. The Hall–Kier alpha value is -1.19. The molecule has 0 aliphatic rings. The van der Waals surface area contributed by atoms with Gasteiger partial charge in [0.25, 0.3) is 0 Å². The van der Waals surface area contributed by atoms with Gasteiger partial charge in [0.05, 0.1) is 0 Å². The lowest BCUT2D eigenvalue weighted by Crippen LogP contribution is -2.30. The molecule has 0 aliphatic carbocycles. The smallest absolute Gasteiger partial charge is 0.123 e. The second kappa shape index (κ2) is 6.12. The molecule has 0 fully saturated rings. The molecule has 0 aliphatic heterocycles. The summed E-state index contributed by atoms with van der Waals surface area (Å²) in [5.41, 5.74) is 1.04. The minimum atomic E-state index is -0.161. The maximum Gasteiger partial charge on any atom is 0.123 e. The van der Waals surface area contributed by atoms with E-state index in [1.165, 1.54) is 10.9 Å². The Kier molecular flexibility index (Phi) is 4.50. The van der Waals surface area contributed by atoms with Crippen LogP contribution in [0.15, 0.2) is 41.8 Å². The van der Waals surface area contributed by atoms with E-state index in [2.05, 4.69) is 36.7 Å². The fourth-order valence-electron chi connectivity index (χ4n) is 2.12. The van der Waals surface area contributed by atoms with Crippen molar-refractivity contribution in [3.05, 3.63) is 58.0 Å². The van der Waals surface area contributed by atoms with Gasteiger partial charge in [-0.15, -0.1) is 11.3 Å². The topological polar surface area (TPSA) is 12.0 Å². The average molecular weight is 263 g/mol. The molecule has 0 amide bonds. The van der Waals surface area contributed by atoms with Crippen molar-refractivity contribution in [3.8, 4) is 0 Å². The zero-order valence-electron chi connectivity index (χ0n) is 10.7. The first kappa shape index (κ1) is 13.2. The summed E-state index contributed by atoms with van der Waals surface area (Å²) in [4.78, 5) is 1.33. The highest BCUT2D eigenvalue weighted by molar-refractivity contribution is 7.10. The summed E-state index contributed by atoms with van der Waals surface area (Å²) < 4.78 is 13.1. The Balaban J connectivity index is 1.91. The predicted octanol–water partition coefficient (Wildman–Crippen LogP) is 4.17.